The van der Waals surface area contributed by atoms with Crippen LogP contribution in [0.5, 0.6) is 0 Å². The molecule has 2 heterocycles. The second-order valence-electron chi connectivity index (χ2n) is 4.31. The first-order valence-electron chi connectivity index (χ1n) is 5.97. The third-order valence-electron chi connectivity index (χ3n) is 3.11. The van der Waals surface area contributed by atoms with Gasteiger partial charge in [0.2, 0.25) is 0 Å². The molecule has 0 aliphatic rings. The van der Waals surface area contributed by atoms with Gasteiger partial charge in [-0.3, -0.25) is 9.36 Å². The Morgan fingerprint density at radius 3 is 2.95 bits per heavy atom. The van der Waals surface area contributed by atoms with E-state index in [2.05, 4.69) is 4.98 Å². The maximum atomic E-state index is 12.5. The summed E-state index contributed by atoms with van der Waals surface area (Å²) in [5.74, 6) is -0.218. The highest BCUT2D eigenvalue weighted by Gasteiger charge is 2.13. The summed E-state index contributed by atoms with van der Waals surface area (Å²) in [7, 11) is 0. The number of benzene rings is 1. The maximum Gasteiger partial charge on any atom is 0.262 e. The van der Waals surface area contributed by atoms with E-state index < -0.39 is 0 Å². The van der Waals surface area contributed by atoms with Crippen LogP contribution >= 0.6 is 0 Å². The average Bonchev–Trinajstić information content (AvgIpc) is 2.92. The van der Waals surface area contributed by atoms with Crippen molar-refractivity contribution >= 4 is 22.5 Å². The summed E-state index contributed by atoms with van der Waals surface area (Å²) in [5, 5.41) is 9.66. The van der Waals surface area contributed by atoms with Crippen molar-refractivity contribution in [1.82, 2.24) is 9.55 Å². The molecule has 96 valence electrons. The number of rotatable bonds is 1. The molecule has 20 heavy (non-hydrogen) atoms. The van der Waals surface area contributed by atoms with Crippen molar-refractivity contribution in [3.63, 3.8) is 0 Å². The van der Waals surface area contributed by atoms with Crippen LogP contribution in [0.3, 0.4) is 0 Å². The fourth-order valence-electron chi connectivity index (χ4n) is 2.13. The van der Waals surface area contributed by atoms with E-state index in [9.17, 15) is 4.79 Å². The van der Waals surface area contributed by atoms with E-state index in [-0.39, 0.29) is 11.6 Å². The van der Waals surface area contributed by atoms with Crippen LogP contribution in [0.1, 0.15) is 16.1 Å². The second-order valence-corrected chi connectivity index (χ2v) is 4.31. The Balaban J connectivity index is 2.13. The van der Waals surface area contributed by atoms with Gasteiger partial charge < -0.3 is 5.73 Å². The lowest BCUT2D eigenvalue weighted by Gasteiger charge is -2.05. The molecule has 0 spiro atoms. The number of hydrogen-bond donors (Lipinski definition) is 1. The summed E-state index contributed by atoms with van der Waals surface area (Å²) in [6.45, 7) is 0. The molecular formula is C15H10N4O. The van der Waals surface area contributed by atoms with E-state index in [1.165, 1.54) is 16.8 Å². The normalized spacial score (nSPS) is 10.3. The Hall–Kier alpha value is -3.13. The molecule has 3 rings (SSSR count). The summed E-state index contributed by atoms with van der Waals surface area (Å²) in [6.07, 6.45) is 3.13. The van der Waals surface area contributed by atoms with E-state index in [0.717, 1.165) is 10.9 Å². The Kier molecular flexibility index (Phi) is 2.70. The van der Waals surface area contributed by atoms with Crippen LogP contribution < -0.4 is 5.73 Å². The standard InChI is InChI=1S/C15H10N4O/c16-9-11-8-10(4-6-18-11)15(20)19-7-5-12-13(17)2-1-3-14(12)19/h1-8H,17H2. The fraction of sp³-hybridized carbons (Fsp3) is 0. The predicted molar refractivity (Wildman–Crippen MR) is 75.0 cm³/mol. The number of nitrogen functional groups attached to an aromatic ring is 1. The van der Waals surface area contributed by atoms with Crippen LogP contribution in [0.2, 0.25) is 0 Å². The van der Waals surface area contributed by atoms with Gasteiger partial charge in [0.1, 0.15) is 11.8 Å². The van der Waals surface area contributed by atoms with Crippen molar-refractivity contribution in [3.05, 3.63) is 60.0 Å². The SMILES string of the molecule is N#Cc1cc(C(=O)n2ccc3c(N)cccc32)ccn1. The maximum absolute atomic E-state index is 12.5. The van der Waals surface area contributed by atoms with Gasteiger partial charge in [-0.1, -0.05) is 6.07 Å². The largest absolute Gasteiger partial charge is 0.398 e. The number of nitrogens with zero attached hydrogens (tertiary/aromatic N) is 3. The molecule has 0 bridgehead atoms. The molecule has 0 saturated carbocycles. The molecule has 2 N–H and O–H groups in total. The molecule has 0 fully saturated rings. The minimum absolute atomic E-state index is 0.215. The van der Waals surface area contributed by atoms with Crippen LogP contribution in [0.25, 0.3) is 10.9 Å². The van der Waals surface area contributed by atoms with Crippen molar-refractivity contribution in [2.75, 3.05) is 5.73 Å². The highest BCUT2D eigenvalue weighted by atomic mass is 16.2. The summed E-state index contributed by atoms with van der Waals surface area (Å²) in [4.78, 5) is 16.3. The first kappa shape index (κ1) is 11.9. The molecule has 0 radical (unpaired) electrons. The first-order chi connectivity index (χ1) is 9.70. The van der Waals surface area contributed by atoms with Gasteiger partial charge in [0.05, 0.1) is 5.52 Å². The number of pyridine rings is 1. The smallest absolute Gasteiger partial charge is 0.262 e. The molecule has 0 saturated heterocycles. The van der Waals surface area contributed by atoms with Crippen molar-refractivity contribution < 1.29 is 4.79 Å². The number of nitrogens with two attached hydrogens (primary N) is 1. The Morgan fingerprint density at radius 1 is 1.30 bits per heavy atom. The summed E-state index contributed by atoms with van der Waals surface area (Å²) < 4.78 is 1.52. The predicted octanol–water partition coefficient (Wildman–Crippen LogP) is 2.18. The quantitative estimate of drug-likeness (QED) is 0.681. The van der Waals surface area contributed by atoms with Crippen LogP contribution in [-0.4, -0.2) is 15.5 Å². The van der Waals surface area contributed by atoms with Gasteiger partial charge in [0.25, 0.3) is 5.91 Å². The Labute approximate surface area is 114 Å². The molecule has 5 heteroatoms. The van der Waals surface area contributed by atoms with Gasteiger partial charge in [-0.25, -0.2) is 4.98 Å². The third kappa shape index (κ3) is 1.80. The third-order valence-corrected chi connectivity index (χ3v) is 3.11. The zero-order chi connectivity index (χ0) is 14.1. The molecule has 0 amide bonds. The summed E-state index contributed by atoms with van der Waals surface area (Å²) in [5.41, 5.74) is 7.87. The fourth-order valence-corrected chi connectivity index (χ4v) is 2.13. The van der Waals surface area contributed by atoms with Gasteiger partial charge in [-0.15, -0.1) is 0 Å². The van der Waals surface area contributed by atoms with Crippen LogP contribution in [0, 0.1) is 11.3 Å². The average molecular weight is 262 g/mol. The van der Waals surface area contributed by atoms with E-state index in [4.69, 9.17) is 11.0 Å². The molecule has 5 nitrogen and oxygen atoms in total. The molecule has 0 aliphatic carbocycles. The molecule has 0 unspecified atom stereocenters. The molecule has 1 aromatic carbocycles. The Morgan fingerprint density at radius 2 is 2.15 bits per heavy atom. The van der Waals surface area contributed by atoms with Gasteiger partial charge in [-0.2, -0.15) is 5.26 Å². The molecular weight excluding hydrogens is 252 g/mol. The van der Waals surface area contributed by atoms with Crippen LogP contribution in [-0.2, 0) is 0 Å². The lowest BCUT2D eigenvalue weighted by molar-refractivity contribution is 0.0965. The number of anilines is 1. The lowest BCUT2D eigenvalue weighted by Crippen LogP contribution is -2.11. The molecule has 2 aromatic heterocycles. The van der Waals surface area contributed by atoms with E-state index >= 15 is 0 Å². The van der Waals surface area contributed by atoms with Crippen molar-refractivity contribution in [2.45, 2.75) is 0 Å². The number of fused-ring (bicyclic) bond motifs is 1. The second kappa shape index (κ2) is 4.52. The number of aromatic nitrogens is 2. The number of carbonyl (C=O) groups excluding carboxylic acids is 1. The Bertz CT molecular complexity index is 858. The van der Waals surface area contributed by atoms with E-state index in [1.807, 2.05) is 12.1 Å². The highest BCUT2D eigenvalue weighted by Crippen LogP contribution is 2.22. The van der Waals surface area contributed by atoms with Crippen molar-refractivity contribution in [3.8, 4) is 6.07 Å². The topological polar surface area (TPSA) is 84.7 Å². The minimum Gasteiger partial charge on any atom is -0.398 e. The molecule has 0 atom stereocenters. The van der Waals surface area contributed by atoms with Crippen molar-refractivity contribution in [1.29, 1.82) is 5.26 Å². The van der Waals surface area contributed by atoms with Gasteiger partial charge >= 0.3 is 0 Å². The summed E-state index contributed by atoms with van der Waals surface area (Å²) in [6, 6.07) is 12.2. The highest BCUT2D eigenvalue weighted by molar-refractivity contribution is 6.04. The molecule has 3 aromatic rings. The lowest BCUT2D eigenvalue weighted by atomic mass is 10.2. The van der Waals surface area contributed by atoms with Gasteiger partial charge in [-0.05, 0) is 30.3 Å². The van der Waals surface area contributed by atoms with Crippen LogP contribution in [0.4, 0.5) is 5.69 Å². The first-order valence-corrected chi connectivity index (χ1v) is 5.97. The van der Waals surface area contributed by atoms with E-state index in [1.54, 1.807) is 30.5 Å². The van der Waals surface area contributed by atoms with Gasteiger partial charge in [0, 0.05) is 29.0 Å². The molecule has 0 aliphatic heterocycles. The monoisotopic (exact) mass is 262 g/mol. The van der Waals surface area contributed by atoms with Gasteiger partial charge in [0.15, 0.2) is 0 Å². The van der Waals surface area contributed by atoms with E-state index in [0.29, 0.717) is 11.3 Å². The zero-order valence-corrected chi connectivity index (χ0v) is 10.4. The number of nitriles is 1. The number of carbonyl (C=O) groups is 1. The van der Waals surface area contributed by atoms with Crippen LogP contribution in [0.15, 0.2) is 48.8 Å². The van der Waals surface area contributed by atoms with Crippen molar-refractivity contribution in [2.24, 2.45) is 0 Å². The minimum atomic E-state index is -0.218. The zero-order valence-electron chi connectivity index (χ0n) is 10.4. The number of hydrogen-bond acceptors (Lipinski definition) is 4. The summed E-state index contributed by atoms with van der Waals surface area (Å²) >= 11 is 0.